The van der Waals surface area contributed by atoms with Crippen LogP contribution in [-0.2, 0) is 0 Å². The highest BCUT2D eigenvalue weighted by Crippen LogP contribution is 2.42. The molecule has 0 bridgehead atoms. The Labute approximate surface area is 99.3 Å². The van der Waals surface area contributed by atoms with Crippen LogP contribution < -0.4 is 5.73 Å². The minimum Gasteiger partial charge on any atom is -0.386 e. The zero-order valence-electron chi connectivity index (χ0n) is 8.59. The van der Waals surface area contributed by atoms with E-state index in [1.807, 2.05) is 0 Å². The molecule has 1 atom stereocenters. The van der Waals surface area contributed by atoms with Crippen LogP contribution in [0.15, 0.2) is 0 Å². The van der Waals surface area contributed by atoms with E-state index >= 15 is 0 Å². The van der Waals surface area contributed by atoms with E-state index in [4.69, 9.17) is 5.73 Å². The van der Waals surface area contributed by atoms with Crippen LogP contribution in [0.2, 0.25) is 0 Å². The van der Waals surface area contributed by atoms with E-state index in [0.717, 1.165) is 29.4 Å². The average Bonchev–Trinajstić information content (AvgIpc) is 2.51. The van der Waals surface area contributed by atoms with Crippen molar-refractivity contribution in [2.75, 3.05) is 6.54 Å². The van der Waals surface area contributed by atoms with Crippen molar-refractivity contribution in [3.05, 3.63) is 10.0 Å². The van der Waals surface area contributed by atoms with Crippen molar-refractivity contribution in [3.63, 3.8) is 0 Å². The Balaban J connectivity index is 0.00000112. The van der Waals surface area contributed by atoms with E-state index in [1.54, 1.807) is 6.92 Å². The Morgan fingerprint density at radius 2 is 2.20 bits per heavy atom. The highest BCUT2D eigenvalue weighted by Gasteiger charge is 2.31. The van der Waals surface area contributed by atoms with Gasteiger partial charge in [0.1, 0.15) is 16.1 Å². The summed E-state index contributed by atoms with van der Waals surface area (Å²) in [5, 5.41) is 19.1. The SMILES string of the molecule is C[C@@H](O)c1nnc([C@H]2C[C@@H](CN)C2)s1.Cl. The van der Waals surface area contributed by atoms with E-state index < -0.39 is 6.10 Å². The molecule has 1 aliphatic rings. The van der Waals surface area contributed by atoms with Gasteiger partial charge in [-0.3, -0.25) is 0 Å². The van der Waals surface area contributed by atoms with E-state index in [1.165, 1.54) is 11.3 Å². The Morgan fingerprint density at radius 3 is 2.67 bits per heavy atom. The number of nitrogens with two attached hydrogens (primary N) is 1. The maximum atomic E-state index is 9.30. The fraction of sp³-hybridized carbons (Fsp3) is 0.778. The van der Waals surface area contributed by atoms with Gasteiger partial charge in [-0.15, -0.1) is 22.6 Å². The molecule has 0 unspecified atom stereocenters. The molecule has 3 N–H and O–H groups in total. The Kier molecular flexibility index (Phi) is 4.45. The van der Waals surface area contributed by atoms with Crippen LogP contribution >= 0.6 is 23.7 Å². The smallest absolute Gasteiger partial charge is 0.145 e. The van der Waals surface area contributed by atoms with Gasteiger partial charge in [0.2, 0.25) is 0 Å². The molecule has 1 heterocycles. The number of aliphatic hydroxyl groups is 1. The summed E-state index contributed by atoms with van der Waals surface area (Å²) in [6.07, 6.45) is 1.77. The second kappa shape index (κ2) is 5.21. The molecule has 4 nitrogen and oxygen atoms in total. The van der Waals surface area contributed by atoms with E-state index in [9.17, 15) is 5.11 Å². The maximum absolute atomic E-state index is 9.30. The van der Waals surface area contributed by atoms with E-state index in [0.29, 0.717) is 11.8 Å². The molecule has 0 radical (unpaired) electrons. The zero-order chi connectivity index (χ0) is 10.1. The van der Waals surface area contributed by atoms with Crippen molar-refractivity contribution in [3.8, 4) is 0 Å². The van der Waals surface area contributed by atoms with Gasteiger partial charge in [0.05, 0.1) is 0 Å². The number of aromatic nitrogens is 2. The highest BCUT2D eigenvalue weighted by molar-refractivity contribution is 7.11. The number of halogens is 1. The lowest BCUT2D eigenvalue weighted by molar-refractivity contribution is 0.198. The lowest BCUT2D eigenvalue weighted by Gasteiger charge is -2.32. The summed E-state index contributed by atoms with van der Waals surface area (Å²) in [6, 6.07) is 0. The normalized spacial score (nSPS) is 26.6. The fourth-order valence-corrected chi connectivity index (χ4v) is 2.62. The first-order valence-electron chi connectivity index (χ1n) is 4.92. The molecule has 1 fully saturated rings. The summed E-state index contributed by atoms with van der Waals surface area (Å²) in [5.74, 6) is 1.20. The lowest BCUT2D eigenvalue weighted by Crippen LogP contribution is -2.28. The fourth-order valence-electron chi connectivity index (χ4n) is 1.71. The summed E-state index contributed by atoms with van der Waals surface area (Å²) < 4.78 is 0. The van der Waals surface area contributed by atoms with Crippen LogP contribution in [0, 0.1) is 5.92 Å². The first-order chi connectivity index (χ1) is 6.70. The molecule has 86 valence electrons. The second-order valence-corrected chi connectivity index (χ2v) is 4.97. The Hall–Kier alpha value is -0.230. The van der Waals surface area contributed by atoms with Crippen LogP contribution in [0.5, 0.6) is 0 Å². The molecule has 0 saturated heterocycles. The zero-order valence-corrected chi connectivity index (χ0v) is 10.2. The van der Waals surface area contributed by atoms with Gasteiger partial charge >= 0.3 is 0 Å². The Morgan fingerprint density at radius 1 is 1.53 bits per heavy atom. The monoisotopic (exact) mass is 249 g/mol. The molecule has 6 heteroatoms. The molecule has 0 amide bonds. The third-order valence-corrected chi connectivity index (χ3v) is 3.99. The van der Waals surface area contributed by atoms with Crippen molar-refractivity contribution >= 4 is 23.7 Å². The van der Waals surface area contributed by atoms with Crippen molar-refractivity contribution < 1.29 is 5.11 Å². The van der Waals surface area contributed by atoms with Gasteiger partial charge in [-0.2, -0.15) is 0 Å². The van der Waals surface area contributed by atoms with Crippen LogP contribution in [0.3, 0.4) is 0 Å². The summed E-state index contributed by atoms with van der Waals surface area (Å²) in [4.78, 5) is 0. The number of nitrogens with zero attached hydrogens (tertiary/aromatic N) is 2. The third-order valence-electron chi connectivity index (χ3n) is 2.73. The van der Waals surface area contributed by atoms with Gasteiger partial charge in [0.25, 0.3) is 0 Å². The minimum atomic E-state index is -0.494. The number of rotatable bonds is 3. The topological polar surface area (TPSA) is 72.0 Å². The van der Waals surface area contributed by atoms with Crippen molar-refractivity contribution in [2.45, 2.75) is 31.8 Å². The lowest BCUT2D eigenvalue weighted by atomic mass is 9.75. The molecule has 1 aromatic rings. The van der Waals surface area contributed by atoms with Gasteiger partial charge in [0.15, 0.2) is 0 Å². The maximum Gasteiger partial charge on any atom is 0.145 e. The summed E-state index contributed by atoms with van der Waals surface area (Å²) >= 11 is 1.52. The molecular weight excluding hydrogens is 234 g/mol. The van der Waals surface area contributed by atoms with Gasteiger partial charge in [-0.25, -0.2) is 0 Å². The molecule has 1 saturated carbocycles. The van der Waals surface area contributed by atoms with Crippen LogP contribution in [0.1, 0.15) is 41.8 Å². The van der Waals surface area contributed by atoms with Gasteiger partial charge in [-0.05, 0) is 32.2 Å². The van der Waals surface area contributed by atoms with Crippen molar-refractivity contribution in [1.82, 2.24) is 10.2 Å². The second-order valence-electron chi connectivity index (χ2n) is 3.92. The minimum absolute atomic E-state index is 0. The van der Waals surface area contributed by atoms with Gasteiger partial charge in [0, 0.05) is 5.92 Å². The summed E-state index contributed by atoms with van der Waals surface area (Å²) in [7, 11) is 0. The number of hydrogen-bond donors (Lipinski definition) is 2. The number of aliphatic hydroxyl groups excluding tert-OH is 1. The number of hydrogen-bond acceptors (Lipinski definition) is 5. The first kappa shape index (κ1) is 12.8. The molecular formula is C9H16ClN3OS. The van der Waals surface area contributed by atoms with E-state index in [2.05, 4.69) is 10.2 Å². The molecule has 15 heavy (non-hydrogen) atoms. The third kappa shape index (κ3) is 2.66. The molecule has 0 spiro atoms. The van der Waals surface area contributed by atoms with Crippen LogP contribution in [-0.4, -0.2) is 21.8 Å². The summed E-state index contributed by atoms with van der Waals surface area (Å²) in [6.45, 7) is 2.49. The molecule has 0 aliphatic heterocycles. The highest BCUT2D eigenvalue weighted by atomic mass is 35.5. The van der Waals surface area contributed by atoms with Crippen molar-refractivity contribution in [1.29, 1.82) is 0 Å². The van der Waals surface area contributed by atoms with Crippen LogP contribution in [0.25, 0.3) is 0 Å². The predicted molar refractivity (Wildman–Crippen MR) is 62.3 cm³/mol. The van der Waals surface area contributed by atoms with Crippen molar-refractivity contribution in [2.24, 2.45) is 11.7 Å². The van der Waals surface area contributed by atoms with Crippen LogP contribution in [0.4, 0.5) is 0 Å². The molecule has 2 rings (SSSR count). The van der Waals surface area contributed by atoms with Gasteiger partial charge < -0.3 is 10.8 Å². The largest absolute Gasteiger partial charge is 0.386 e. The summed E-state index contributed by atoms with van der Waals surface area (Å²) in [5.41, 5.74) is 5.55. The average molecular weight is 250 g/mol. The first-order valence-corrected chi connectivity index (χ1v) is 5.73. The van der Waals surface area contributed by atoms with Gasteiger partial charge in [-0.1, -0.05) is 11.3 Å². The standard InChI is InChI=1S/C9H15N3OS.ClH/c1-5(13)8-11-12-9(14-8)7-2-6(3-7)4-10;/h5-7,13H,2-4,10H2,1H3;1H/t5-,6-,7+;/m1./s1. The molecule has 1 aliphatic carbocycles. The molecule has 1 aromatic heterocycles. The van der Waals surface area contributed by atoms with E-state index in [-0.39, 0.29) is 12.4 Å². The molecule has 0 aromatic carbocycles. The Bertz CT molecular complexity index is 312. The predicted octanol–water partition coefficient (Wildman–Crippen LogP) is 1.47. The quantitative estimate of drug-likeness (QED) is 0.851.